The van der Waals surface area contributed by atoms with Crippen LogP contribution in [0.3, 0.4) is 0 Å². The van der Waals surface area contributed by atoms with Crippen LogP contribution in [0.2, 0.25) is 0 Å². The largest absolute Gasteiger partial charge is 0.335 e. The normalized spacial score (nSPS) is 14.0. The molecule has 5 aromatic rings. The fraction of sp³-hybridized carbons (Fsp3) is 0.167. The number of rotatable bonds is 5. The van der Waals surface area contributed by atoms with Gasteiger partial charge in [0.15, 0.2) is 15.0 Å². The van der Waals surface area contributed by atoms with Crippen LogP contribution in [0.1, 0.15) is 34.8 Å². The van der Waals surface area contributed by atoms with Gasteiger partial charge >= 0.3 is 0 Å². The maximum atomic E-state index is 13.5. The third-order valence-corrected chi connectivity index (χ3v) is 7.81. The van der Waals surface area contributed by atoms with Crippen LogP contribution < -0.4 is 5.32 Å². The lowest BCUT2D eigenvalue weighted by molar-refractivity contribution is 0.102. The fourth-order valence-corrected chi connectivity index (χ4v) is 5.51. The number of hydrogen-bond acceptors (Lipinski definition) is 8. The zero-order chi connectivity index (χ0) is 23.4. The van der Waals surface area contributed by atoms with Crippen molar-refractivity contribution in [3.63, 3.8) is 0 Å². The first kappa shape index (κ1) is 20.9. The number of pyridine rings is 1. The Hall–Kier alpha value is -3.63. The first-order valence-electron chi connectivity index (χ1n) is 10.6. The number of nitrogens with one attached hydrogen (secondary N) is 1. The molecule has 2 aromatic carbocycles. The summed E-state index contributed by atoms with van der Waals surface area (Å²) >= 11 is 1.22. The number of amides is 1. The van der Waals surface area contributed by atoms with Crippen molar-refractivity contribution in [2.24, 2.45) is 0 Å². The summed E-state index contributed by atoms with van der Waals surface area (Å²) < 4.78 is 30.0. The molecule has 10 heteroatoms. The second kappa shape index (κ2) is 7.71. The quantitative estimate of drug-likeness (QED) is 0.367. The Kier molecular flexibility index (Phi) is 4.75. The van der Waals surface area contributed by atoms with Gasteiger partial charge in [0.05, 0.1) is 26.1 Å². The van der Waals surface area contributed by atoms with Crippen molar-refractivity contribution in [3.8, 4) is 11.3 Å². The summed E-state index contributed by atoms with van der Waals surface area (Å²) in [4.78, 5) is 22.8. The number of sulfone groups is 1. The van der Waals surface area contributed by atoms with E-state index < -0.39 is 9.84 Å². The van der Waals surface area contributed by atoms with E-state index in [-0.39, 0.29) is 10.8 Å². The molecule has 1 fully saturated rings. The molecule has 1 aliphatic carbocycles. The number of thiazole rings is 1. The highest BCUT2D eigenvalue weighted by atomic mass is 32.2. The molecule has 1 saturated carbocycles. The van der Waals surface area contributed by atoms with Gasteiger partial charge in [-0.2, -0.15) is 0 Å². The van der Waals surface area contributed by atoms with Gasteiger partial charge in [-0.05, 0) is 37.1 Å². The highest BCUT2D eigenvalue weighted by molar-refractivity contribution is 7.90. The maximum absolute atomic E-state index is 13.5. The van der Waals surface area contributed by atoms with E-state index in [1.54, 1.807) is 12.1 Å². The van der Waals surface area contributed by atoms with Crippen molar-refractivity contribution in [2.45, 2.75) is 23.7 Å². The van der Waals surface area contributed by atoms with Crippen LogP contribution in [0.15, 0.2) is 64.0 Å². The average Bonchev–Trinajstić information content (AvgIpc) is 3.46. The van der Waals surface area contributed by atoms with E-state index in [4.69, 9.17) is 4.52 Å². The summed E-state index contributed by atoms with van der Waals surface area (Å²) in [6, 6.07) is 16.0. The first-order valence-corrected chi connectivity index (χ1v) is 13.4. The lowest BCUT2D eigenvalue weighted by Crippen LogP contribution is -2.13. The third-order valence-electron chi connectivity index (χ3n) is 5.76. The van der Waals surface area contributed by atoms with Gasteiger partial charge in [-0.3, -0.25) is 10.1 Å². The summed E-state index contributed by atoms with van der Waals surface area (Å²) in [5.74, 6) is -0.0323. The standard InChI is InChI=1S/C24H18N4O4S2/c1-34(30,31)15-9-10-17-19(11-15)33-24(26-17)27-22(29)16-12-18(13-7-8-13)25-23-20(16)21(28-32-23)14-5-3-2-4-6-14/h2-6,9-13H,7-8H2,1H3,(H,26,27,29). The molecule has 0 spiro atoms. The lowest BCUT2D eigenvalue weighted by Gasteiger charge is -2.07. The summed E-state index contributed by atoms with van der Waals surface area (Å²) in [6.45, 7) is 0. The molecule has 0 bridgehead atoms. The van der Waals surface area contributed by atoms with Gasteiger partial charge in [-0.25, -0.2) is 18.4 Å². The first-order chi connectivity index (χ1) is 16.4. The van der Waals surface area contributed by atoms with Gasteiger partial charge in [-0.15, -0.1) is 0 Å². The topological polar surface area (TPSA) is 115 Å². The molecule has 34 heavy (non-hydrogen) atoms. The van der Waals surface area contributed by atoms with Crippen LogP contribution >= 0.6 is 11.3 Å². The molecule has 0 aliphatic heterocycles. The van der Waals surface area contributed by atoms with Gasteiger partial charge in [0.25, 0.3) is 11.6 Å². The molecule has 3 aromatic heterocycles. The molecule has 1 amide bonds. The van der Waals surface area contributed by atoms with Gasteiger partial charge in [0.1, 0.15) is 5.69 Å². The molecule has 0 saturated heterocycles. The minimum Gasteiger partial charge on any atom is -0.335 e. The zero-order valence-electron chi connectivity index (χ0n) is 18.0. The van der Waals surface area contributed by atoms with Gasteiger partial charge in [0, 0.05) is 23.4 Å². The van der Waals surface area contributed by atoms with E-state index in [2.05, 4.69) is 20.4 Å². The van der Waals surface area contributed by atoms with Crippen molar-refractivity contribution in [1.82, 2.24) is 15.1 Å². The number of carbonyl (C=O) groups excluding carboxylic acids is 1. The third kappa shape index (κ3) is 3.74. The van der Waals surface area contributed by atoms with E-state index in [1.807, 2.05) is 36.4 Å². The van der Waals surface area contributed by atoms with E-state index in [9.17, 15) is 13.2 Å². The number of benzene rings is 2. The van der Waals surface area contributed by atoms with Gasteiger partial charge in [-0.1, -0.05) is 46.8 Å². The number of nitrogens with zero attached hydrogens (tertiary/aromatic N) is 3. The number of anilines is 1. The number of carbonyl (C=O) groups is 1. The van der Waals surface area contributed by atoms with Crippen LogP contribution in [0, 0.1) is 0 Å². The lowest BCUT2D eigenvalue weighted by atomic mass is 10.0. The fourth-order valence-electron chi connectivity index (χ4n) is 3.88. The minimum absolute atomic E-state index is 0.211. The maximum Gasteiger partial charge on any atom is 0.259 e. The predicted octanol–water partition coefficient (Wildman–Crippen LogP) is 5.03. The molecule has 0 atom stereocenters. The number of fused-ring (bicyclic) bond motifs is 2. The summed E-state index contributed by atoms with van der Waals surface area (Å²) in [5, 5.41) is 8.02. The zero-order valence-corrected chi connectivity index (χ0v) is 19.6. The molecule has 8 nitrogen and oxygen atoms in total. The Labute approximate surface area is 198 Å². The summed E-state index contributed by atoms with van der Waals surface area (Å²) in [6.07, 6.45) is 3.22. The molecule has 0 radical (unpaired) electrons. The second-order valence-corrected chi connectivity index (χ2v) is 11.4. The SMILES string of the molecule is CS(=O)(=O)c1ccc2nc(NC(=O)c3cc(C4CC4)nc4onc(-c5ccccc5)c34)sc2c1. The van der Waals surface area contributed by atoms with Crippen molar-refractivity contribution in [3.05, 3.63) is 65.9 Å². The molecule has 3 heterocycles. The van der Waals surface area contributed by atoms with Crippen LogP contribution in [0.5, 0.6) is 0 Å². The van der Waals surface area contributed by atoms with Crippen molar-refractivity contribution in [2.75, 3.05) is 11.6 Å². The highest BCUT2D eigenvalue weighted by Crippen LogP contribution is 2.41. The van der Waals surface area contributed by atoms with Gasteiger partial charge < -0.3 is 4.52 Å². The van der Waals surface area contributed by atoms with Crippen LogP contribution in [0.25, 0.3) is 32.6 Å². The molecule has 1 N–H and O–H groups in total. The molecular formula is C24H18N4O4S2. The van der Waals surface area contributed by atoms with E-state index in [0.29, 0.717) is 43.6 Å². The Balaban J connectivity index is 1.43. The van der Waals surface area contributed by atoms with Crippen molar-refractivity contribution < 1.29 is 17.7 Å². The van der Waals surface area contributed by atoms with Crippen molar-refractivity contribution >= 4 is 53.5 Å². The minimum atomic E-state index is -3.34. The van der Waals surface area contributed by atoms with Crippen LogP contribution in [0.4, 0.5) is 5.13 Å². The Morgan fingerprint density at radius 3 is 2.62 bits per heavy atom. The Bertz CT molecular complexity index is 1690. The molecule has 6 rings (SSSR count). The van der Waals surface area contributed by atoms with Crippen LogP contribution in [-0.2, 0) is 9.84 Å². The van der Waals surface area contributed by atoms with Crippen molar-refractivity contribution in [1.29, 1.82) is 0 Å². The number of aromatic nitrogens is 3. The highest BCUT2D eigenvalue weighted by Gasteiger charge is 2.29. The van der Waals surface area contributed by atoms with Gasteiger partial charge in [0.2, 0.25) is 0 Å². The number of hydrogen-bond donors (Lipinski definition) is 1. The van der Waals surface area contributed by atoms with Crippen LogP contribution in [-0.4, -0.2) is 35.7 Å². The molecular weight excluding hydrogens is 472 g/mol. The second-order valence-electron chi connectivity index (χ2n) is 8.32. The smallest absolute Gasteiger partial charge is 0.259 e. The summed E-state index contributed by atoms with van der Waals surface area (Å²) in [7, 11) is -3.34. The van der Waals surface area contributed by atoms with E-state index >= 15 is 0 Å². The predicted molar refractivity (Wildman–Crippen MR) is 130 cm³/mol. The average molecular weight is 491 g/mol. The molecule has 170 valence electrons. The molecule has 1 aliphatic rings. The monoisotopic (exact) mass is 490 g/mol. The Morgan fingerprint density at radius 1 is 1.09 bits per heavy atom. The summed E-state index contributed by atoms with van der Waals surface area (Å²) in [5.41, 5.74) is 3.55. The van der Waals surface area contributed by atoms with E-state index in [1.165, 1.54) is 17.4 Å². The Morgan fingerprint density at radius 2 is 1.88 bits per heavy atom. The van der Waals surface area contributed by atoms with E-state index in [0.717, 1.165) is 30.4 Å². The molecule has 0 unspecified atom stereocenters.